The van der Waals surface area contributed by atoms with Crippen LogP contribution in [0.25, 0.3) is 11.3 Å². The van der Waals surface area contributed by atoms with E-state index in [1.807, 2.05) is 0 Å². The quantitative estimate of drug-likeness (QED) is 0.432. The van der Waals surface area contributed by atoms with Gasteiger partial charge in [0.05, 0.1) is 35.2 Å². The number of aromatic nitrogens is 2. The van der Waals surface area contributed by atoms with E-state index in [0.717, 1.165) is 0 Å². The number of para-hydroxylation sites is 1. The number of likely N-dealkylation sites (tertiary alicyclic amines) is 1. The number of carbonyl (C=O) groups excluding carboxylic acids is 2. The molecule has 0 radical (unpaired) electrons. The van der Waals surface area contributed by atoms with Gasteiger partial charge in [-0.05, 0) is 30.3 Å². The molecule has 174 valence electrons. The molecule has 1 saturated heterocycles. The second-order valence-electron chi connectivity index (χ2n) is 8.40. The number of amides is 2. The van der Waals surface area contributed by atoms with Gasteiger partial charge >= 0.3 is 0 Å². The summed E-state index contributed by atoms with van der Waals surface area (Å²) in [5.74, 6) is -0.651. The van der Waals surface area contributed by atoms with E-state index in [2.05, 4.69) is 27.2 Å². The van der Waals surface area contributed by atoms with Gasteiger partial charge in [0, 0.05) is 37.1 Å². The van der Waals surface area contributed by atoms with Gasteiger partial charge in [-0.25, -0.2) is 9.37 Å². The van der Waals surface area contributed by atoms with Gasteiger partial charge in [0.1, 0.15) is 5.82 Å². The maximum atomic E-state index is 14.4. The molecule has 2 aromatic heterocycles. The number of H-pyrrole nitrogens is 1. The van der Waals surface area contributed by atoms with Gasteiger partial charge in [-0.2, -0.15) is 0 Å². The Morgan fingerprint density at radius 2 is 2.18 bits per heavy atom. The molecule has 10 heteroatoms. The van der Waals surface area contributed by atoms with E-state index in [1.54, 1.807) is 35.4 Å². The number of methoxy groups -OCH3 is 1. The maximum absolute atomic E-state index is 14.4. The fourth-order valence-electron chi connectivity index (χ4n) is 4.69. The van der Waals surface area contributed by atoms with E-state index in [4.69, 9.17) is 10.5 Å². The lowest BCUT2D eigenvalue weighted by atomic mass is 9.73. The van der Waals surface area contributed by atoms with Crippen molar-refractivity contribution in [1.82, 2.24) is 20.2 Å². The number of nitrogen functional groups attached to an aromatic ring is 1. The first kappa shape index (κ1) is 21.5. The third-order valence-electron chi connectivity index (χ3n) is 6.32. The molecule has 3 aromatic rings. The van der Waals surface area contributed by atoms with Crippen LogP contribution in [-0.4, -0.2) is 53.4 Å². The van der Waals surface area contributed by atoms with Crippen molar-refractivity contribution in [2.75, 3.05) is 37.8 Å². The fourth-order valence-corrected chi connectivity index (χ4v) is 4.69. The number of pyridine rings is 1. The molecule has 0 atom stereocenters. The van der Waals surface area contributed by atoms with Crippen LogP contribution in [0.1, 0.15) is 16.1 Å². The number of hydrogen-bond donors (Lipinski definition) is 4. The van der Waals surface area contributed by atoms with Crippen LogP contribution in [-0.2, 0) is 10.2 Å². The van der Waals surface area contributed by atoms with Crippen LogP contribution in [0, 0.1) is 5.82 Å². The van der Waals surface area contributed by atoms with E-state index < -0.39 is 11.2 Å². The number of benzene rings is 1. The normalized spacial score (nSPS) is 15.8. The lowest BCUT2D eigenvalue weighted by Gasteiger charge is -2.51. The van der Waals surface area contributed by atoms with E-state index in [-0.39, 0.29) is 17.6 Å². The number of ether oxygens (including phenoxy) is 1. The van der Waals surface area contributed by atoms with Crippen LogP contribution >= 0.6 is 0 Å². The predicted molar refractivity (Wildman–Crippen MR) is 125 cm³/mol. The summed E-state index contributed by atoms with van der Waals surface area (Å²) in [6.45, 7) is 4.77. The Morgan fingerprint density at radius 1 is 1.38 bits per heavy atom. The van der Waals surface area contributed by atoms with Gasteiger partial charge < -0.3 is 31.0 Å². The largest absolute Gasteiger partial charge is 0.492 e. The first-order valence-corrected chi connectivity index (χ1v) is 10.6. The Kier molecular flexibility index (Phi) is 5.00. The summed E-state index contributed by atoms with van der Waals surface area (Å²) in [4.78, 5) is 34.4. The van der Waals surface area contributed by atoms with Crippen LogP contribution < -0.4 is 21.1 Å². The minimum absolute atomic E-state index is 0.0231. The first-order chi connectivity index (χ1) is 16.4. The number of carbonyl (C=O) groups is 2. The zero-order chi connectivity index (χ0) is 24.0. The molecular weight excluding hydrogens is 439 g/mol. The third-order valence-corrected chi connectivity index (χ3v) is 6.32. The van der Waals surface area contributed by atoms with Crippen LogP contribution in [0.4, 0.5) is 21.6 Å². The van der Waals surface area contributed by atoms with Crippen molar-refractivity contribution in [2.45, 2.75) is 5.41 Å². The van der Waals surface area contributed by atoms with E-state index in [9.17, 15) is 14.0 Å². The van der Waals surface area contributed by atoms with Crippen LogP contribution in [0.15, 0.2) is 49.2 Å². The molecule has 34 heavy (non-hydrogen) atoms. The van der Waals surface area contributed by atoms with Gasteiger partial charge in [0.25, 0.3) is 5.91 Å². The van der Waals surface area contributed by atoms with Crippen molar-refractivity contribution in [1.29, 1.82) is 0 Å². The Balaban J connectivity index is 1.68. The van der Waals surface area contributed by atoms with Gasteiger partial charge in [-0.15, -0.1) is 0 Å². The molecule has 0 unspecified atom stereocenters. The molecular formula is C24H23FN6O3. The summed E-state index contributed by atoms with van der Waals surface area (Å²) >= 11 is 0. The summed E-state index contributed by atoms with van der Waals surface area (Å²) in [7, 11) is 1.38. The summed E-state index contributed by atoms with van der Waals surface area (Å²) in [6, 6.07) is 7.96. The number of hydrogen-bond acceptors (Lipinski definition) is 6. The van der Waals surface area contributed by atoms with Crippen molar-refractivity contribution in [2.24, 2.45) is 0 Å². The number of nitrogens with one attached hydrogen (secondary N) is 3. The minimum Gasteiger partial charge on any atom is -0.492 e. The zero-order valence-corrected chi connectivity index (χ0v) is 18.4. The highest BCUT2D eigenvalue weighted by molar-refractivity contribution is 6.07. The van der Waals surface area contributed by atoms with Crippen molar-refractivity contribution in [3.8, 4) is 17.0 Å². The van der Waals surface area contributed by atoms with Crippen LogP contribution in [0.2, 0.25) is 0 Å². The van der Waals surface area contributed by atoms with Crippen molar-refractivity contribution >= 4 is 29.0 Å². The highest BCUT2D eigenvalue weighted by Gasteiger charge is 2.52. The molecule has 2 amide bonds. The van der Waals surface area contributed by atoms with Crippen molar-refractivity contribution in [3.63, 3.8) is 0 Å². The molecule has 0 saturated carbocycles. The highest BCUT2D eigenvalue weighted by atomic mass is 19.1. The number of rotatable bonds is 5. The summed E-state index contributed by atoms with van der Waals surface area (Å²) in [5, 5.41) is 6.15. The number of fused-ring (bicyclic) bond motifs is 2. The monoisotopic (exact) mass is 462 g/mol. The third kappa shape index (κ3) is 3.26. The number of aromatic amines is 1. The standard InChI is InChI=1S/C24H23FN6O3/c1-3-17(32)31-11-24(12-31)10-28-23(33)18-20(29-15-6-4-5-14(25)21(15)34-2)19(30-22(18)24)13-7-8-27-16(26)9-13/h3-9,29-30H,1,10-12H2,2H3,(H2,26,27)(H,28,33). The number of nitrogens with zero attached hydrogens (tertiary/aromatic N) is 2. The predicted octanol–water partition coefficient (Wildman–Crippen LogP) is 2.56. The average Bonchev–Trinajstić information content (AvgIpc) is 3.18. The molecule has 0 bridgehead atoms. The molecule has 9 nitrogen and oxygen atoms in total. The Bertz CT molecular complexity index is 1330. The van der Waals surface area contributed by atoms with Crippen LogP contribution in [0.5, 0.6) is 5.75 Å². The highest BCUT2D eigenvalue weighted by Crippen LogP contribution is 2.46. The van der Waals surface area contributed by atoms with Gasteiger partial charge in [-0.1, -0.05) is 12.6 Å². The molecule has 5 rings (SSSR count). The topological polar surface area (TPSA) is 125 Å². The smallest absolute Gasteiger partial charge is 0.255 e. The van der Waals surface area contributed by atoms with Crippen molar-refractivity contribution < 1.29 is 18.7 Å². The number of nitrogens with two attached hydrogens (primary N) is 1. The lowest BCUT2D eigenvalue weighted by Crippen LogP contribution is -2.67. The van der Waals surface area contributed by atoms with E-state index in [1.165, 1.54) is 19.3 Å². The second-order valence-corrected chi connectivity index (χ2v) is 8.40. The molecule has 2 aliphatic heterocycles. The first-order valence-electron chi connectivity index (χ1n) is 10.6. The van der Waals surface area contributed by atoms with E-state index >= 15 is 0 Å². The lowest BCUT2D eigenvalue weighted by molar-refractivity contribution is -0.133. The summed E-state index contributed by atoms with van der Waals surface area (Å²) in [6.07, 6.45) is 2.85. The Morgan fingerprint density at radius 3 is 2.88 bits per heavy atom. The minimum atomic E-state index is -0.537. The average molecular weight is 462 g/mol. The van der Waals surface area contributed by atoms with Gasteiger partial charge in [-0.3, -0.25) is 9.59 Å². The summed E-state index contributed by atoms with van der Waals surface area (Å²) < 4.78 is 19.6. The summed E-state index contributed by atoms with van der Waals surface area (Å²) in [5.41, 5.74) is 8.64. The molecule has 1 fully saturated rings. The Hall–Kier alpha value is -4.34. The molecule has 5 N–H and O–H groups in total. The fraction of sp³-hybridized carbons (Fsp3) is 0.208. The van der Waals surface area contributed by atoms with Gasteiger partial charge in [0.2, 0.25) is 5.91 Å². The zero-order valence-electron chi connectivity index (χ0n) is 18.4. The van der Waals surface area contributed by atoms with Crippen molar-refractivity contribution in [3.05, 3.63) is 66.3 Å². The number of anilines is 3. The van der Waals surface area contributed by atoms with E-state index in [0.29, 0.717) is 59.3 Å². The number of halogens is 1. The SMILES string of the molecule is C=CC(=O)N1CC2(CNC(=O)c3c2[nH]c(-c2ccnc(N)c2)c3Nc2cccc(F)c2OC)C1. The second kappa shape index (κ2) is 7.91. The maximum Gasteiger partial charge on any atom is 0.255 e. The molecule has 1 spiro atoms. The Labute approximate surface area is 194 Å². The molecule has 2 aliphatic rings. The van der Waals surface area contributed by atoms with Gasteiger partial charge in [0.15, 0.2) is 11.6 Å². The molecule has 1 aromatic carbocycles. The molecule has 0 aliphatic carbocycles. The molecule has 4 heterocycles. The van der Waals surface area contributed by atoms with Crippen LogP contribution in [0.3, 0.4) is 0 Å².